The number of hydrogen-bond donors (Lipinski definition) is 3. The van der Waals surface area contributed by atoms with Crippen LogP contribution in [0.15, 0.2) is 12.3 Å². The highest BCUT2D eigenvalue weighted by molar-refractivity contribution is 5.90. The summed E-state index contributed by atoms with van der Waals surface area (Å²) in [5.41, 5.74) is 0.521. The number of aromatic nitrogens is 1. The number of ether oxygens (including phenoxy) is 2. The second-order valence-electron chi connectivity index (χ2n) is 5.59. The van der Waals surface area contributed by atoms with Gasteiger partial charge < -0.3 is 25.2 Å². The van der Waals surface area contributed by atoms with Gasteiger partial charge in [0.1, 0.15) is 5.69 Å². The predicted molar refractivity (Wildman–Crippen MR) is 82.1 cm³/mol. The zero-order valence-electron chi connectivity index (χ0n) is 13.2. The van der Waals surface area contributed by atoms with Crippen LogP contribution in [-0.2, 0) is 4.74 Å². The van der Waals surface area contributed by atoms with Gasteiger partial charge in [0.25, 0.3) is 0 Å². The molecule has 0 spiro atoms. The molecule has 0 bridgehead atoms. The highest BCUT2D eigenvalue weighted by atomic mass is 16.5. The summed E-state index contributed by atoms with van der Waals surface area (Å²) in [6, 6.07) is 1.37. The van der Waals surface area contributed by atoms with Gasteiger partial charge >= 0.3 is 6.03 Å². The Balaban J connectivity index is 1.83. The first kappa shape index (κ1) is 16.5. The van der Waals surface area contributed by atoms with Gasteiger partial charge in [0.05, 0.1) is 18.8 Å². The Bertz CT molecular complexity index is 530. The number of hydrogen-bond acceptors (Lipinski definition) is 5. The highest BCUT2D eigenvalue weighted by Crippen LogP contribution is 2.33. The van der Waals surface area contributed by atoms with Gasteiger partial charge in [-0.3, -0.25) is 0 Å². The number of anilines is 1. The molecule has 22 heavy (non-hydrogen) atoms. The Morgan fingerprint density at radius 2 is 2.27 bits per heavy atom. The molecule has 1 aliphatic rings. The van der Waals surface area contributed by atoms with Gasteiger partial charge in [-0.15, -0.1) is 0 Å². The Kier molecular flexibility index (Phi) is 5.20. The quantitative estimate of drug-likeness (QED) is 0.739. The molecule has 1 aliphatic carbocycles. The van der Waals surface area contributed by atoms with Gasteiger partial charge in [-0.2, -0.15) is 0 Å². The molecule has 1 aromatic heterocycles. The smallest absolute Gasteiger partial charge is 0.319 e. The van der Waals surface area contributed by atoms with Crippen molar-refractivity contribution >= 4 is 11.7 Å². The number of carbonyl (C=O) groups is 1. The van der Waals surface area contributed by atoms with E-state index in [1.54, 1.807) is 12.3 Å². The van der Waals surface area contributed by atoms with E-state index in [1.165, 1.54) is 7.11 Å². The van der Waals surface area contributed by atoms with Crippen molar-refractivity contribution in [3.63, 3.8) is 0 Å². The van der Waals surface area contributed by atoms with Crippen molar-refractivity contribution in [2.75, 3.05) is 25.6 Å². The van der Waals surface area contributed by atoms with Gasteiger partial charge in [-0.05, 0) is 25.5 Å². The molecule has 1 fully saturated rings. The molecule has 7 nitrogen and oxygen atoms in total. The van der Waals surface area contributed by atoms with Crippen molar-refractivity contribution in [2.24, 2.45) is 0 Å². The average molecular weight is 309 g/mol. The van der Waals surface area contributed by atoms with E-state index in [4.69, 9.17) is 9.47 Å². The molecule has 1 heterocycles. The average Bonchev–Trinajstić information content (AvgIpc) is 2.44. The van der Waals surface area contributed by atoms with Gasteiger partial charge in [-0.25, -0.2) is 9.78 Å². The monoisotopic (exact) mass is 309 g/mol. The molecule has 3 N–H and O–H groups in total. The minimum absolute atomic E-state index is 0.0842. The van der Waals surface area contributed by atoms with E-state index in [0.29, 0.717) is 31.0 Å². The first-order valence-corrected chi connectivity index (χ1v) is 7.35. The zero-order valence-corrected chi connectivity index (χ0v) is 13.2. The third kappa shape index (κ3) is 4.08. The topological polar surface area (TPSA) is 92.7 Å². The van der Waals surface area contributed by atoms with E-state index in [2.05, 4.69) is 15.6 Å². The largest absolute Gasteiger partial charge is 0.480 e. The van der Waals surface area contributed by atoms with Crippen LogP contribution >= 0.6 is 0 Å². The van der Waals surface area contributed by atoms with E-state index in [1.807, 2.05) is 13.8 Å². The van der Waals surface area contributed by atoms with Crippen molar-refractivity contribution in [1.82, 2.24) is 10.3 Å². The second-order valence-corrected chi connectivity index (χ2v) is 5.59. The molecule has 122 valence electrons. The first-order chi connectivity index (χ1) is 10.5. The fraction of sp³-hybridized carbons (Fsp3) is 0.600. The molecular weight excluding hydrogens is 286 g/mol. The molecule has 2 rings (SSSR count). The van der Waals surface area contributed by atoms with Crippen LogP contribution in [0, 0.1) is 6.92 Å². The van der Waals surface area contributed by atoms with Crippen molar-refractivity contribution in [3.8, 4) is 5.88 Å². The van der Waals surface area contributed by atoms with Gasteiger partial charge in [-0.1, -0.05) is 0 Å². The summed E-state index contributed by atoms with van der Waals surface area (Å²) in [6.07, 6.45) is 2.82. The van der Waals surface area contributed by atoms with Crippen LogP contribution in [0.3, 0.4) is 0 Å². The molecule has 7 heteroatoms. The number of nitrogens with zero attached hydrogens (tertiary/aromatic N) is 1. The summed E-state index contributed by atoms with van der Waals surface area (Å²) in [5, 5.41) is 15.6. The first-order valence-electron chi connectivity index (χ1n) is 7.35. The normalized spacial score (nSPS) is 23.5. The van der Waals surface area contributed by atoms with Crippen molar-refractivity contribution in [1.29, 1.82) is 0 Å². The number of methoxy groups -OCH3 is 1. The predicted octanol–water partition coefficient (Wildman–Crippen LogP) is 1.45. The van der Waals surface area contributed by atoms with E-state index < -0.39 is 11.6 Å². The maximum Gasteiger partial charge on any atom is 0.319 e. The number of carbonyl (C=O) groups excluding carboxylic acids is 1. The van der Waals surface area contributed by atoms with Gasteiger partial charge in [0.15, 0.2) is 0 Å². The van der Waals surface area contributed by atoms with E-state index in [-0.39, 0.29) is 12.6 Å². The summed E-state index contributed by atoms with van der Waals surface area (Å²) in [4.78, 5) is 16.0. The van der Waals surface area contributed by atoms with Crippen LogP contribution < -0.4 is 15.4 Å². The van der Waals surface area contributed by atoms with Crippen LogP contribution in [0.2, 0.25) is 0 Å². The standard InChI is InChI=1S/C15H23N3O4/c1-4-22-11-6-15(20,7-11)9-17-14(19)18-12-5-10(2)8-16-13(12)21-3/h5,8,11,20H,4,6-7,9H2,1-3H3,(H2,17,18,19). The van der Waals surface area contributed by atoms with Crippen LogP contribution in [0.25, 0.3) is 0 Å². The number of nitrogens with one attached hydrogen (secondary N) is 2. The summed E-state index contributed by atoms with van der Waals surface area (Å²) in [5.74, 6) is 0.347. The van der Waals surface area contributed by atoms with Gasteiger partial charge in [0, 0.05) is 32.2 Å². The Hall–Kier alpha value is -1.86. The molecular formula is C15H23N3O4. The third-order valence-corrected chi connectivity index (χ3v) is 3.63. The van der Waals surface area contributed by atoms with Crippen molar-refractivity contribution in [3.05, 3.63) is 17.8 Å². The Morgan fingerprint density at radius 3 is 2.91 bits per heavy atom. The minimum Gasteiger partial charge on any atom is -0.480 e. The molecule has 0 unspecified atom stereocenters. The summed E-state index contributed by atoms with van der Waals surface area (Å²) >= 11 is 0. The number of aliphatic hydroxyl groups is 1. The molecule has 0 aliphatic heterocycles. The molecule has 1 saturated carbocycles. The van der Waals surface area contributed by atoms with E-state index in [9.17, 15) is 9.90 Å². The number of pyridine rings is 1. The third-order valence-electron chi connectivity index (χ3n) is 3.63. The van der Waals surface area contributed by atoms with Crippen molar-refractivity contribution < 1.29 is 19.4 Å². The fourth-order valence-corrected chi connectivity index (χ4v) is 2.51. The highest BCUT2D eigenvalue weighted by Gasteiger charge is 2.43. The van der Waals surface area contributed by atoms with E-state index in [0.717, 1.165) is 5.56 Å². The molecule has 0 radical (unpaired) electrons. The number of amides is 2. The number of rotatable bonds is 6. The zero-order chi connectivity index (χ0) is 16.2. The maximum atomic E-state index is 11.9. The van der Waals surface area contributed by atoms with Crippen molar-refractivity contribution in [2.45, 2.75) is 38.4 Å². The summed E-state index contributed by atoms with van der Waals surface area (Å²) < 4.78 is 10.5. The lowest BCUT2D eigenvalue weighted by atomic mass is 9.77. The lowest BCUT2D eigenvalue weighted by molar-refractivity contribution is -0.133. The number of urea groups is 1. The summed E-state index contributed by atoms with van der Waals surface area (Å²) in [7, 11) is 1.49. The molecule has 0 atom stereocenters. The fourth-order valence-electron chi connectivity index (χ4n) is 2.51. The lowest BCUT2D eigenvalue weighted by Crippen LogP contribution is -2.55. The number of aryl methyl sites for hydroxylation is 1. The Morgan fingerprint density at radius 1 is 1.55 bits per heavy atom. The van der Waals surface area contributed by atoms with Crippen LogP contribution in [0.1, 0.15) is 25.3 Å². The van der Waals surface area contributed by atoms with Gasteiger partial charge in [0.2, 0.25) is 5.88 Å². The molecule has 0 aromatic carbocycles. The van der Waals surface area contributed by atoms with Crippen LogP contribution in [0.5, 0.6) is 5.88 Å². The minimum atomic E-state index is -0.883. The van der Waals surface area contributed by atoms with E-state index >= 15 is 0 Å². The van der Waals surface area contributed by atoms with Crippen LogP contribution in [0.4, 0.5) is 10.5 Å². The molecule has 0 saturated heterocycles. The maximum absolute atomic E-state index is 11.9. The molecule has 1 aromatic rings. The SMILES string of the molecule is CCOC1CC(O)(CNC(=O)Nc2cc(C)cnc2OC)C1. The Labute approximate surface area is 130 Å². The second kappa shape index (κ2) is 6.93. The lowest BCUT2D eigenvalue weighted by Gasteiger charge is -2.43. The summed E-state index contributed by atoms with van der Waals surface area (Å²) in [6.45, 7) is 4.62. The van der Waals surface area contributed by atoms with Crippen LogP contribution in [-0.4, -0.2) is 48.1 Å². The molecule has 2 amide bonds.